The van der Waals surface area contributed by atoms with Gasteiger partial charge in [-0.1, -0.05) is 181 Å². The fourth-order valence-corrected chi connectivity index (χ4v) is 12.2. The molecule has 0 N–H and O–H groups in total. The maximum Gasteiger partial charge on any atom is 0.311 e. The summed E-state index contributed by atoms with van der Waals surface area (Å²) in [4.78, 5) is 105. The number of Topliss-reactive ketones (excluding diaryl/α,β-unsaturated/α-hetero) is 2. The average Bonchev–Trinajstić information content (AvgIpc) is 1.63. The molecule has 0 atom stereocenters. The lowest BCUT2D eigenvalue weighted by molar-refractivity contribution is -0.150. The van der Waals surface area contributed by atoms with E-state index >= 15 is 0 Å². The van der Waals surface area contributed by atoms with Gasteiger partial charge in [-0.05, 0) is 147 Å². The van der Waals surface area contributed by atoms with Gasteiger partial charge in [-0.2, -0.15) is 0 Å². The zero-order chi connectivity index (χ0) is 67.2. The molecule has 3 saturated carbocycles. The number of ether oxygens (including phenoxy) is 3. The number of esters is 3. The second kappa shape index (κ2) is 34.2. The zero-order valence-corrected chi connectivity index (χ0v) is 57.1. The number of rotatable bonds is 19. The quantitative estimate of drug-likeness (QED) is 0.0322. The number of hydrogen-bond acceptors (Lipinski definition) is 14. The van der Waals surface area contributed by atoms with Crippen LogP contribution in [0.5, 0.6) is 0 Å². The van der Waals surface area contributed by atoms with Crippen molar-refractivity contribution in [1.82, 2.24) is 9.80 Å². The van der Waals surface area contributed by atoms with Crippen molar-refractivity contribution in [3.05, 3.63) is 203 Å². The minimum absolute atomic E-state index is 0. The molecule has 96 heavy (non-hydrogen) atoms. The minimum Gasteiger partial charge on any atom is -0.465 e. The van der Waals surface area contributed by atoms with E-state index in [9.17, 15) is 43.2 Å². The third-order valence-corrected chi connectivity index (χ3v) is 21.1. The highest BCUT2D eigenvalue weighted by atomic mass is 32.7. The van der Waals surface area contributed by atoms with E-state index in [-0.39, 0.29) is 128 Å². The molecule has 2 aliphatic heterocycles. The van der Waals surface area contributed by atoms with Crippen LogP contribution in [0, 0.1) is 16.2 Å². The lowest BCUT2D eigenvalue weighted by atomic mass is 9.98. The van der Waals surface area contributed by atoms with Crippen LogP contribution in [-0.4, -0.2) is 95.8 Å². The van der Waals surface area contributed by atoms with Crippen LogP contribution in [0.15, 0.2) is 170 Å². The first-order chi connectivity index (χ1) is 45.2. The van der Waals surface area contributed by atoms with E-state index in [1.807, 2.05) is 50.2 Å². The summed E-state index contributed by atoms with van der Waals surface area (Å²) in [5.41, 5.74) is 15.3. The van der Waals surface area contributed by atoms with Crippen LogP contribution in [0.4, 0.5) is 0 Å². The molecule has 0 saturated heterocycles. The van der Waals surface area contributed by atoms with Crippen molar-refractivity contribution in [2.24, 2.45) is 16.2 Å². The number of benzene rings is 6. The fraction of sp³-hybridized carbons (Fsp3) is 0.372. The van der Waals surface area contributed by atoms with Crippen LogP contribution >= 0.6 is 14.1 Å². The average molecular weight is 1370 g/mol. The maximum absolute atomic E-state index is 12.1. The van der Waals surface area contributed by atoms with Crippen molar-refractivity contribution >= 4 is 90.8 Å². The van der Waals surface area contributed by atoms with Crippen LogP contribution in [-0.2, 0) is 81.0 Å². The van der Waals surface area contributed by atoms with Crippen LogP contribution in [0.1, 0.15) is 171 Å². The SMILES string of the molecule is C.C.CC(=O)OCC1c2ccccc2-c2ccccc21.CC1(C(=O)OCC2c3ccccc3-c3ccccc32)CC1.CC1(CC(=O)CCN2C(=O)C=CC2=O)CC1.CC1(CC(=O)CCN2C(=O)C=CC2=O)CC1.CCC(=O)OCC1c2ccccc2-c2ccccc21.S=PP=S. The Bertz CT molecular complexity index is 3710. The summed E-state index contributed by atoms with van der Waals surface area (Å²) < 4.78 is 16.2. The van der Waals surface area contributed by atoms with Crippen molar-refractivity contribution in [3.8, 4) is 33.4 Å². The summed E-state index contributed by atoms with van der Waals surface area (Å²) >= 11 is 8.82. The van der Waals surface area contributed by atoms with Crippen molar-refractivity contribution < 1.29 is 57.4 Å². The van der Waals surface area contributed by atoms with Crippen molar-refractivity contribution in [2.45, 2.75) is 138 Å². The van der Waals surface area contributed by atoms with E-state index in [1.165, 1.54) is 98.0 Å². The molecular formula is C78H86N2O12P2S2. The van der Waals surface area contributed by atoms with Gasteiger partial charge in [-0.3, -0.25) is 53.0 Å². The molecular weight excluding hydrogens is 1280 g/mol. The normalized spacial score (nSPS) is 16.5. The topological polar surface area (TPSA) is 188 Å². The first-order valence-corrected chi connectivity index (χ1v) is 36.5. The number of fused-ring (bicyclic) bond motifs is 9. The third-order valence-electron chi connectivity index (χ3n) is 18.4. The van der Waals surface area contributed by atoms with E-state index in [2.05, 4.69) is 147 Å². The predicted molar refractivity (Wildman–Crippen MR) is 384 cm³/mol. The van der Waals surface area contributed by atoms with E-state index in [0.29, 0.717) is 39.1 Å². The monoisotopic (exact) mass is 1370 g/mol. The number of amides is 4. The molecule has 18 heteroatoms. The summed E-state index contributed by atoms with van der Waals surface area (Å²) in [6.45, 7) is 11.2. The Morgan fingerprint density at radius 1 is 0.438 bits per heavy atom. The van der Waals surface area contributed by atoms with E-state index in [1.54, 1.807) is 0 Å². The molecule has 14 rings (SSSR count). The van der Waals surface area contributed by atoms with E-state index in [4.69, 9.17) is 14.2 Å². The van der Waals surface area contributed by atoms with Gasteiger partial charge in [0.05, 0.1) is 5.41 Å². The summed E-state index contributed by atoms with van der Waals surface area (Å²) in [5.74, 6) is -0.840. The minimum atomic E-state index is -0.310. The summed E-state index contributed by atoms with van der Waals surface area (Å²) in [7, 11) is 1.74. The molecule has 3 fully saturated rings. The van der Waals surface area contributed by atoms with Gasteiger partial charge in [0.1, 0.15) is 31.4 Å². The van der Waals surface area contributed by atoms with Crippen LogP contribution in [0.25, 0.3) is 33.4 Å². The molecule has 502 valence electrons. The molecule has 0 unspecified atom stereocenters. The second-order valence-electron chi connectivity index (χ2n) is 25.7. The Morgan fingerprint density at radius 2 is 0.708 bits per heavy atom. The molecule has 0 radical (unpaired) electrons. The van der Waals surface area contributed by atoms with Gasteiger partial charge in [0.2, 0.25) is 0 Å². The number of hydrogen-bond donors (Lipinski definition) is 0. The summed E-state index contributed by atoms with van der Waals surface area (Å²) in [6, 6.07) is 50.2. The fourth-order valence-electron chi connectivity index (χ4n) is 12.2. The van der Waals surface area contributed by atoms with Gasteiger partial charge in [-0.25, -0.2) is 0 Å². The highest BCUT2D eigenvalue weighted by Crippen LogP contribution is 2.51. The van der Waals surface area contributed by atoms with Crippen molar-refractivity contribution in [2.75, 3.05) is 32.9 Å². The van der Waals surface area contributed by atoms with Gasteiger partial charge in [-0.15, -0.1) is 0 Å². The smallest absolute Gasteiger partial charge is 0.311 e. The van der Waals surface area contributed by atoms with Gasteiger partial charge >= 0.3 is 17.9 Å². The van der Waals surface area contributed by atoms with Crippen molar-refractivity contribution in [1.29, 1.82) is 0 Å². The number of carbonyl (C=O) groups is 9. The van der Waals surface area contributed by atoms with E-state index in [0.717, 1.165) is 62.4 Å². The number of imide groups is 2. The van der Waals surface area contributed by atoms with Crippen LogP contribution in [0.2, 0.25) is 0 Å². The highest BCUT2D eigenvalue weighted by Gasteiger charge is 2.47. The highest BCUT2D eigenvalue weighted by molar-refractivity contribution is 8.40. The van der Waals surface area contributed by atoms with Gasteiger partial charge < -0.3 is 14.2 Å². The Labute approximate surface area is 578 Å². The lowest BCUT2D eigenvalue weighted by Gasteiger charge is -2.16. The maximum atomic E-state index is 12.1. The number of ketones is 2. The Hall–Kier alpha value is -8.13. The van der Waals surface area contributed by atoms with Crippen LogP contribution in [0.3, 0.4) is 0 Å². The molecule has 14 nitrogen and oxygen atoms in total. The Balaban J connectivity index is 0.000000167. The van der Waals surface area contributed by atoms with Crippen LogP contribution < -0.4 is 0 Å². The Morgan fingerprint density at radius 3 is 0.958 bits per heavy atom. The molecule has 8 aliphatic rings. The van der Waals surface area contributed by atoms with E-state index < -0.39 is 0 Å². The lowest BCUT2D eigenvalue weighted by Crippen LogP contribution is -2.32. The van der Waals surface area contributed by atoms with Gasteiger partial charge in [0.15, 0.2) is 0 Å². The zero-order valence-electron chi connectivity index (χ0n) is 53.7. The van der Waals surface area contributed by atoms with Gasteiger partial charge in [0.25, 0.3) is 23.6 Å². The van der Waals surface area contributed by atoms with Crippen molar-refractivity contribution in [3.63, 3.8) is 0 Å². The molecule has 0 bridgehead atoms. The Kier molecular flexibility index (Phi) is 26.8. The first kappa shape index (κ1) is 75.3. The molecule has 6 aromatic rings. The molecule has 4 amide bonds. The molecule has 0 aromatic heterocycles. The molecule has 6 aromatic carbocycles. The number of carbonyl (C=O) groups excluding carboxylic acids is 9. The third kappa shape index (κ3) is 19.3. The molecule has 0 spiro atoms. The predicted octanol–water partition coefficient (Wildman–Crippen LogP) is 16.4. The van der Waals surface area contributed by atoms with Gasteiger partial charge in [0, 0.05) is 108 Å². The number of nitrogens with zero attached hydrogens (tertiary/aromatic N) is 2. The summed E-state index contributed by atoms with van der Waals surface area (Å²) in [5, 5.41) is 0. The largest absolute Gasteiger partial charge is 0.465 e. The first-order valence-electron chi connectivity index (χ1n) is 32.0. The molecule has 2 heterocycles. The standard InChI is InChI=1S/C19H18O2.C17H16O2.C16H14O2.2C12H15NO3.2CH4.P2S2/c1-19(10-11-19)18(20)21-12-17-15-8-4-2-6-13(15)14-7-3-5-9-16(14)17;1-2-17(18)19-11-16-14-9-5-3-7-12(14)13-8-4-6-10-15(13)16;1-11(17)18-10-16-14-8-4-2-6-12(14)13-7-3-5-9-15(13)16;2*1-12(5-6-12)8-9(14)4-7-13-10(15)2-3-11(13)16;;;3-1-2-4/h2-9,17H,10-12H2,1H3;3-10,16H,2,11H2,1H3;2-9,16H,10H2,1H3;2*2-3H,4-8H2,1H3;2*1H4;. The summed E-state index contributed by atoms with van der Waals surface area (Å²) in [6.07, 6.45) is 13.5. The molecule has 6 aliphatic carbocycles. The second-order valence-corrected chi connectivity index (χ2v) is 30.0.